The van der Waals surface area contributed by atoms with Gasteiger partial charge in [0, 0.05) is 15.7 Å². The zero-order valence-corrected chi connectivity index (χ0v) is 16.8. The third-order valence-electron chi connectivity index (χ3n) is 3.39. The number of hydrogen-bond donors (Lipinski definition) is 2. The number of sulfonamides is 1. The molecular weight excluding hydrogens is 455 g/mol. The second-order valence-corrected chi connectivity index (χ2v) is 8.50. The lowest BCUT2D eigenvalue weighted by Crippen LogP contribution is -2.30. The van der Waals surface area contributed by atoms with Gasteiger partial charge in [-0.2, -0.15) is 0 Å². The van der Waals surface area contributed by atoms with Crippen molar-refractivity contribution in [1.82, 2.24) is 4.72 Å². The molecule has 0 aliphatic carbocycles. The Bertz CT molecular complexity index is 821. The molecule has 0 aliphatic rings. The van der Waals surface area contributed by atoms with Crippen LogP contribution in [0.1, 0.15) is 18.0 Å². The van der Waals surface area contributed by atoms with Crippen molar-refractivity contribution in [3.05, 3.63) is 57.7 Å². The van der Waals surface area contributed by atoms with E-state index >= 15 is 0 Å². The van der Waals surface area contributed by atoms with Gasteiger partial charge in [-0.1, -0.05) is 12.1 Å². The number of nitrogens with one attached hydrogen (secondary N) is 2. The van der Waals surface area contributed by atoms with Crippen molar-refractivity contribution in [3.8, 4) is 5.75 Å². The minimum absolute atomic E-state index is 0.0224. The Morgan fingerprint density at radius 1 is 1.12 bits per heavy atom. The first-order valence-corrected chi connectivity index (χ1v) is 10.4. The van der Waals surface area contributed by atoms with Crippen molar-refractivity contribution in [3.63, 3.8) is 0 Å². The van der Waals surface area contributed by atoms with Crippen molar-refractivity contribution in [2.75, 3.05) is 18.7 Å². The Labute approximate surface area is 161 Å². The summed E-state index contributed by atoms with van der Waals surface area (Å²) in [5, 5.41) is 2.78. The van der Waals surface area contributed by atoms with E-state index in [2.05, 4.69) is 32.6 Å². The fraction of sp³-hybridized carbons (Fsp3) is 0.235. The molecule has 2 aromatic rings. The minimum atomic E-state index is -3.47. The highest BCUT2D eigenvalue weighted by Crippen LogP contribution is 2.22. The first-order valence-electron chi connectivity index (χ1n) is 7.43. The molecule has 0 saturated carbocycles. The van der Waals surface area contributed by atoms with Gasteiger partial charge in [-0.3, -0.25) is 4.79 Å². The smallest absolute Gasteiger partial charge is 0.226 e. The van der Waals surface area contributed by atoms with Gasteiger partial charge < -0.3 is 10.1 Å². The van der Waals surface area contributed by atoms with E-state index in [4.69, 9.17) is 4.74 Å². The van der Waals surface area contributed by atoms with Crippen molar-refractivity contribution < 1.29 is 17.9 Å². The Morgan fingerprint density at radius 3 is 2.24 bits per heavy atom. The molecule has 25 heavy (non-hydrogen) atoms. The van der Waals surface area contributed by atoms with Crippen molar-refractivity contribution >= 4 is 44.2 Å². The fourth-order valence-electron chi connectivity index (χ4n) is 2.25. The first-order chi connectivity index (χ1) is 11.8. The van der Waals surface area contributed by atoms with Gasteiger partial charge in [0.1, 0.15) is 5.75 Å². The Morgan fingerprint density at radius 2 is 1.72 bits per heavy atom. The molecule has 0 fully saturated rings. The van der Waals surface area contributed by atoms with Crippen LogP contribution in [0.25, 0.3) is 0 Å². The van der Waals surface area contributed by atoms with Crippen LogP contribution in [0.4, 0.5) is 5.69 Å². The van der Waals surface area contributed by atoms with E-state index in [0.717, 1.165) is 9.83 Å². The molecule has 2 N–H and O–H groups in total. The summed E-state index contributed by atoms with van der Waals surface area (Å²) in [5.74, 6) is 0.378. The van der Waals surface area contributed by atoms with Crippen LogP contribution < -0.4 is 14.8 Å². The molecule has 1 unspecified atom stereocenters. The van der Waals surface area contributed by atoms with Crippen LogP contribution in [0.5, 0.6) is 5.75 Å². The van der Waals surface area contributed by atoms with Crippen molar-refractivity contribution in [2.45, 2.75) is 12.5 Å². The van der Waals surface area contributed by atoms with Crippen LogP contribution in [0, 0.1) is 3.57 Å². The number of ether oxygens (including phenoxy) is 1. The first kappa shape index (κ1) is 19.7. The normalized spacial score (nSPS) is 12.4. The second-order valence-electron chi connectivity index (χ2n) is 5.47. The third-order valence-corrected chi connectivity index (χ3v) is 4.82. The molecule has 1 atom stereocenters. The SMILES string of the molecule is COc1ccc(C(CC(=O)Nc2ccc(I)cc2)NS(C)(=O)=O)cc1. The van der Waals surface area contributed by atoms with Crippen LogP contribution in [0.3, 0.4) is 0 Å². The lowest BCUT2D eigenvalue weighted by Gasteiger charge is -2.18. The maximum absolute atomic E-state index is 12.3. The van der Waals surface area contributed by atoms with Crippen LogP contribution in [0.15, 0.2) is 48.5 Å². The van der Waals surface area contributed by atoms with Crippen LogP contribution in [0.2, 0.25) is 0 Å². The van der Waals surface area contributed by atoms with Gasteiger partial charge in [0.2, 0.25) is 15.9 Å². The number of hydrogen-bond acceptors (Lipinski definition) is 4. The van der Waals surface area contributed by atoms with Gasteiger partial charge in [0.05, 0.1) is 19.4 Å². The predicted molar refractivity (Wildman–Crippen MR) is 106 cm³/mol. The lowest BCUT2D eigenvalue weighted by molar-refractivity contribution is -0.116. The molecule has 134 valence electrons. The fourth-order valence-corrected chi connectivity index (χ4v) is 3.35. The van der Waals surface area contributed by atoms with Crippen LogP contribution >= 0.6 is 22.6 Å². The van der Waals surface area contributed by atoms with E-state index in [0.29, 0.717) is 17.0 Å². The van der Waals surface area contributed by atoms with Crippen LogP contribution in [-0.4, -0.2) is 27.7 Å². The molecule has 2 rings (SSSR count). The van der Waals surface area contributed by atoms with E-state index in [-0.39, 0.29) is 12.3 Å². The summed E-state index contributed by atoms with van der Waals surface area (Å²) in [7, 11) is -1.92. The highest BCUT2D eigenvalue weighted by atomic mass is 127. The van der Waals surface area contributed by atoms with E-state index in [1.807, 2.05) is 12.1 Å². The van der Waals surface area contributed by atoms with Gasteiger partial charge in [0.25, 0.3) is 0 Å². The molecule has 0 aliphatic heterocycles. The van der Waals surface area contributed by atoms with Crippen LogP contribution in [-0.2, 0) is 14.8 Å². The molecule has 8 heteroatoms. The number of halogens is 1. The summed E-state index contributed by atoms with van der Waals surface area (Å²) in [5.41, 5.74) is 1.35. The number of carbonyl (C=O) groups excluding carboxylic acids is 1. The van der Waals surface area contributed by atoms with Gasteiger partial charge in [-0.05, 0) is 64.6 Å². The highest BCUT2D eigenvalue weighted by molar-refractivity contribution is 14.1. The Balaban J connectivity index is 2.14. The molecule has 0 saturated heterocycles. The number of amides is 1. The van der Waals surface area contributed by atoms with E-state index < -0.39 is 16.1 Å². The van der Waals surface area contributed by atoms with Crippen molar-refractivity contribution in [2.24, 2.45) is 0 Å². The largest absolute Gasteiger partial charge is 0.497 e. The van der Waals surface area contributed by atoms with Crippen molar-refractivity contribution in [1.29, 1.82) is 0 Å². The summed E-state index contributed by atoms with van der Waals surface area (Å²) in [6.45, 7) is 0. The Hall–Kier alpha value is -1.65. The standard InChI is InChI=1S/C17H19IN2O4S/c1-24-15-9-3-12(4-10-15)16(20-25(2,22)23)11-17(21)19-14-7-5-13(18)6-8-14/h3-10,16,20H,11H2,1-2H3,(H,19,21). The summed E-state index contributed by atoms with van der Waals surface area (Å²) < 4.78 is 32.0. The molecule has 0 radical (unpaired) electrons. The second kappa shape index (κ2) is 8.63. The molecule has 0 aromatic heterocycles. The molecule has 1 amide bonds. The highest BCUT2D eigenvalue weighted by Gasteiger charge is 2.20. The zero-order chi connectivity index (χ0) is 18.4. The maximum Gasteiger partial charge on any atom is 0.226 e. The summed E-state index contributed by atoms with van der Waals surface area (Å²) >= 11 is 2.18. The number of rotatable bonds is 7. The summed E-state index contributed by atoms with van der Waals surface area (Å²) in [4.78, 5) is 12.3. The number of methoxy groups -OCH3 is 1. The minimum Gasteiger partial charge on any atom is -0.497 e. The monoisotopic (exact) mass is 474 g/mol. The summed E-state index contributed by atoms with van der Waals surface area (Å²) in [6, 6.07) is 13.6. The molecule has 6 nitrogen and oxygen atoms in total. The molecule has 2 aromatic carbocycles. The van der Waals surface area contributed by atoms with E-state index in [1.165, 1.54) is 0 Å². The predicted octanol–water partition coefficient (Wildman–Crippen LogP) is 2.92. The number of anilines is 1. The van der Waals surface area contributed by atoms with Gasteiger partial charge in [-0.25, -0.2) is 13.1 Å². The Kier molecular flexibility index (Phi) is 6.79. The summed E-state index contributed by atoms with van der Waals surface area (Å²) in [6.07, 6.45) is 1.05. The number of benzene rings is 2. The van der Waals surface area contributed by atoms with E-state index in [9.17, 15) is 13.2 Å². The van der Waals surface area contributed by atoms with Gasteiger partial charge in [0.15, 0.2) is 0 Å². The molecule has 0 heterocycles. The molecule has 0 bridgehead atoms. The van der Waals surface area contributed by atoms with E-state index in [1.54, 1.807) is 43.5 Å². The number of carbonyl (C=O) groups is 1. The average molecular weight is 474 g/mol. The quantitative estimate of drug-likeness (QED) is 0.605. The topological polar surface area (TPSA) is 84.5 Å². The maximum atomic E-state index is 12.3. The third kappa shape index (κ3) is 6.63. The average Bonchev–Trinajstić information content (AvgIpc) is 2.55. The molecular formula is C17H19IN2O4S. The zero-order valence-electron chi connectivity index (χ0n) is 13.8. The van der Waals surface area contributed by atoms with Gasteiger partial charge >= 0.3 is 0 Å². The molecule has 0 spiro atoms. The van der Waals surface area contributed by atoms with Gasteiger partial charge in [-0.15, -0.1) is 0 Å². The lowest BCUT2D eigenvalue weighted by atomic mass is 10.0.